The van der Waals surface area contributed by atoms with Crippen LogP contribution in [0.4, 0.5) is 0 Å². The molecule has 1 atom stereocenters. The summed E-state index contributed by atoms with van der Waals surface area (Å²) in [4.78, 5) is 39.0. The molecule has 0 aliphatic rings. The molecule has 2 amide bonds. The van der Waals surface area contributed by atoms with Crippen molar-refractivity contribution >= 4 is 17.8 Å². The van der Waals surface area contributed by atoms with Gasteiger partial charge in [0.25, 0.3) is 5.91 Å². The molecule has 1 unspecified atom stereocenters. The SMILES string of the molecule is N#Cc1cccc(CC(NC(=O)CNC(=O)c2ccccn2)C(=O)O)c1. The second-order valence-corrected chi connectivity index (χ2v) is 5.37. The molecule has 0 saturated carbocycles. The van der Waals surface area contributed by atoms with Crippen molar-refractivity contribution in [2.24, 2.45) is 0 Å². The maximum Gasteiger partial charge on any atom is 0.326 e. The normalized spacial score (nSPS) is 11.0. The van der Waals surface area contributed by atoms with Gasteiger partial charge in [0.05, 0.1) is 18.2 Å². The largest absolute Gasteiger partial charge is 0.480 e. The second kappa shape index (κ2) is 8.94. The van der Waals surface area contributed by atoms with Gasteiger partial charge in [0.15, 0.2) is 0 Å². The first-order chi connectivity index (χ1) is 12.5. The molecule has 0 spiro atoms. The van der Waals surface area contributed by atoms with Gasteiger partial charge in [-0.1, -0.05) is 18.2 Å². The highest BCUT2D eigenvalue weighted by Gasteiger charge is 2.21. The van der Waals surface area contributed by atoms with E-state index in [2.05, 4.69) is 15.6 Å². The number of aromatic nitrogens is 1. The van der Waals surface area contributed by atoms with Crippen molar-refractivity contribution in [2.75, 3.05) is 6.54 Å². The first-order valence-corrected chi connectivity index (χ1v) is 7.70. The first-order valence-electron chi connectivity index (χ1n) is 7.70. The Morgan fingerprint density at radius 1 is 1.19 bits per heavy atom. The monoisotopic (exact) mass is 352 g/mol. The van der Waals surface area contributed by atoms with Gasteiger partial charge in [0.2, 0.25) is 5.91 Å². The highest BCUT2D eigenvalue weighted by atomic mass is 16.4. The number of carboxylic acids is 1. The quantitative estimate of drug-likeness (QED) is 0.664. The molecule has 1 aromatic heterocycles. The highest BCUT2D eigenvalue weighted by Crippen LogP contribution is 2.07. The Balaban J connectivity index is 1.92. The zero-order valence-electron chi connectivity index (χ0n) is 13.7. The smallest absolute Gasteiger partial charge is 0.326 e. The van der Waals surface area contributed by atoms with E-state index in [4.69, 9.17) is 5.26 Å². The predicted molar refractivity (Wildman–Crippen MR) is 91.0 cm³/mol. The summed E-state index contributed by atoms with van der Waals surface area (Å²) in [5.41, 5.74) is 1.17. The summed E-state index contributed by atoms with van der Waals surface area (Å²) in [5.74, 6) is -2.38. The van der Waals surface area contributed by atoms with E-state index >= 15 is 0 Å². The van der Waals surface area contributed by atoms with E-state index in [1.165, 1.54) is 12.3 Å². The Morgan fingerprint density at radius 3 is 2.65 bits per heavy atom. The molecule has 2 rings (SSSR count). The fraction of sp³-hybridized carbons (Fsp3) is 0.167. The number of pyridine rings is 1. The Kier molecular flexibility index (Phi) is 6.40. The number of hydrogen-bond acceptors (Lipinski definition) is 5. The van der Waals surface area contributed by atoms with Gasteiger partial charge in [-0.2, -0.15) is 5.26 Å². The van der Waals surface area contributed by atoms with Gasteiger partial charge in [-0.3, -0.25) is 14.6 Å². The van der Waals surface area contributed by atoms with Crippen LogP contribution >= 0.6 is 0 Å². The lowest BCUT2D eigenvalue weighted by atomic mass is 10.0. The zero-order valence-corrected chi connectivity index (χ0v) is 13.7. The minimum atomic E-state index is -1.21. The van der Waals surface area contributed by atoms with Crippen molar-refractivity contribution in [2.45, 2.75) is 12.5 Å². The predicted octanol–water partition coefficient (Wildman–Crippen LogP) is 0.495. The number of aliphatic carboxylic acids is 1. The zero-order chi connectivity index (χ0) is 18.9. The van der Waals surface area contributed by atoms with Gasteiger partial charge in [-0.05, 0) is 29.8 Å². The van der Waals surface area contributed by atoms with Crippen molar-refractivity contribution < 1.29 is 19.5 Å². The van der Waals surface area contributed by atoms with E-state index in [1.54, 1.807) is 36.4 Å². The summed E-state index contributed by atoms with van der Waals surface area (Å²) in [6.45, 7) is -0.378. The third-order valence-corrected chi connectivity index (χ3v) is 3.44. The third kappa shape index (κ3) is 5.42. The molecule has 0 saturated heterocycles. The average molecular weight is 352 g/mol. The van der Waals surface area contributed by atoms with Crippen LogP contribution in [0, 0.1) is 11.3 Å². The number of nitrogens with zero attached hydrogens (tertiary/aromatic N) is 2. The molecule has 132 valence electrons. The van der Waals surface area contributed by atoms with Gasteiger partial charge in [-0.15, -0.1) is 0 Å². The van der Waals surface area contributed by atoms with Crippen LogP contribution in [0.1, 0.15) is 21.6 Å². The van der Waals surface area contributed by atoms with Crippen molar-refractivity contribution in [1.29, 1.82) is 5.26 Å². The summed E-state index contributed by atoms with van der Waals surface area (Å²) < 4.78 is 0. The molecular formula is C18H16N4O4. The van der Waals surface area contributed by atoms with Gasteiger partial charge >= 0.3 is 5.97 Å². The van der Waals surface area contributed by atoms with Crippen LogP contribution in [0.3, 0.4) is 0 Å². The van der Waals surface area contributed by atoms with Crippen molar-refractivity contribution in [1.82, 2.24) is 15.6 Å². The number of carbonyl (C=O) groups is 3. The number of carboxylic acid groups (broad SMARTS) is 1. The molecule has 0 aliphatic heterocycles. The second-order valence-electron chi connectivity index (χ2n) is 5.37. The number of hydrogen-bond donors (Lipinski definition) is 3. The molecule has 1 aromatic carbocycles. The summed E-state index contributed by atoms with van der Waals surface area (Å²) in [5, 5.41) is 22.9. The Labute approximate surface area is 149 Å². The molecule has 8 heteroatoms. The Morgan fingerprint density at radius 2 is 2.00 bits per heavy atom. The number of rotatable bonds is 7. The van der Waals surface area contributed by atoms with Crippen molar-refractivity contribution in [3.63, 3.8) is 0 Å². The van der Waals surface area contributed by atoms with Crippen LogP contribution in [0.2, 0.25) is 0 Å². The van der Waals surface area contributed by atoms with Crippen LogP contribution in [-0.4, -0.2) is 40.5 Å². The molecule has 0 radical (unpaired) electrons. The van der Waals surface area contributed by atoms with E-state index < -0.39 is 23.8 Å². The van der Waals surface area contributed by atoms with Gasteiger partial charge in [-0.25, -0.2) is 4.79 Å². The van der Waals surface area contributed by atoms with Crippen LogP contribution in [0.15, 0.2) is 48.7 Å². The Bertz CT molecular complexity index is 846. The molecule has 2 aromatic rings. The highest BCUT2D eigenvalue weighted by molar-refractivity contribution is 5.95. The fourth-order valence-electron chi connectivity index (χ4n) is 2.20. The maximum absolute atomic E-state index is 11.9. The first kappa shape index (κ1) is 18.6. The van der Waals surface area contributed by atoms with Gasteiger partial charge in [0, 0.05) is 12.6 Å². The van der Waals surface area contributed by atoms with Gasteiger partial charge < -0.3 is 15.7 Å². The van der Waals surface area contributed by atoms with E-state index in [9.17, 15) is 19.5 Å². The lowest BCUT2D eigenvalue weighted by Crippen LogP contribution is -2.46. The molecule has 0 bridgehead atoms. The standard InChI is InChI=1S/C18H16N4O4/c19-10-13-5-3-4-12(8-13)9-15(18(25)26)22-16(23)11-21-17(24)14-6-1-2-7-20-14/h1-8,15H,9,11H2,(H,21,24)(H,22,23)(H,25,26). The number of benzene rings is 1. The average Bonchev–Trinajstić information content (AvgIpc) is 2.66. The summed E-state index contributed by atoms with van der Waals surface area (Å²) in [6.07, 6.45) is 1.47. The molecule has 3 N–H and O–H groups in total. The minimum Gasteiger partial charge on any atom is -0.480 e. The molecule has 26 heavy (non-hydrogen) atoms. The van der Waals surface area contributed by atoms with Crippen LogP contribution in [0.25, 0.3) is 0 Å². The van der Waals surface area contributed by atoms with E-state index in [0.29, 0.717) is 11.1 Å². The number of nitriles is 1. The number of amides is 2. The van der Waals surface area contributed by atoms with E-state index in [0.717, 1.165) is 0 Å². The molecule has 1 heterocycles. The van der Waals surface area contributed by atoms with E-state index in [1.807, 2.05) is 6.07 Å². The van der Waals surface area contributed by atoms with Crippen LogP contribution < -0.4 is 10.6 Å². The van der Waals surface area contributed by atoms with Crippen LogP contribution in [0.5, 0.6) is 0 Å². The topological polar surface area (TPSA) is 132 Å². The Hall–Kier alpha value is -3.73. The lowest BCUT2D eigenvalue weighted by Gasteiger charge is -2.15. The van der Waals surface area contributed by atoms with Crippen LogP contribution in [-0.2, 0) is 16.0 Å². The van der Waals surface area contributed by atoms with E-state index in [-0.39, 0.29) is 18.7 Å². The summed E-state index contributed by atoms with van der Waals surface area (Å²) >= 11 is 0. The summed E-state index contributed by atoms with van der Waals surface area (Å²) in [6, 6.07) is 12.1. The lowest BCUT2D eigenvalue weighted by molar-refractivity contribution is -0.141. The van der Waals surface area contributed by atoms with Crippen molar-refractivity contribution in [3.05, 3.63) is 65.5 Å². The minimum absolute atomic E-state index is 0.0186. The molecule has 8 nitrogen and oxygen atoms in total. The number of nitrogens with one attached hydrogen (secondary N) is 2. The maximum atomic E-state index is 11.9. The third-order valence-electron chi connectivity index (χ3n) is 3.44. The fourth-order valence-corrected chi connectivity index (χ4v) is 2.20. The molecule has 0 aliphatic carbocycles. The molecule has 0 fully saturated rings. The molecular weight excluding hydrogens is 336 g/mol. The van der Waals surface area contributed by atoms with Gasteiger partial charge in [0.1, 0.15) is 11.7 Å². The number of carbonyl (C=O) groups excluding carboxylic acids is 2. The summed E-state index contributed by atoms with van der Waals surface area (Å²) in [7, 11) is 0. The van der Waals surface area contributed by atoms with Crippen molar-refractivity contribution in [3.8, 4) is 6.07 Å².